The first kappa shape index (κ1) is 12.1. The number of aryl methyl sites for hydroxylation is 1. The van der Waals surface area contributed by atoms with Gasteiger partial charge in [0, 0.05) is 0 Å². The summed E-state index contributed by atoms with van der Waals surface area (Å²) in [6.07, 6.45) is 6.77. The molecular formula is C17H24O. The van der Waals surface area contributed by atoms with E-state index in [0.717, 1.165) is 17.6 Å². The van der Waals surface area contributed by atoms with Crippen LogP contribution in [0.4, 0.5) is 0 Å². The summed E-state index contributed by atoms with van der Waals surface area (Å²) < 4.78 is 5.43. The fourth-order valence-electron chi connectivity index (χ4n) is 4.49. The molecule has 1 aromatic rings. The van der Waals surface area contributed by atoms with Gasteiger partial charge in [-0.15, -0.1) is 0 Å². The number of hydrogen-bond donors (Lipinski definition) is 0. The number of hydrogen-bond acceptors (Lipinski definition) is 1. The molecule has 0 radical (unpaired) electrons. The summed E-state index contributed by atoms with van der Waals surface area (Å²) in [5.41, 5.74) is 3.52. The number of methoxy groups -OCH3 is 1. The molecule has 3 rings (SSSR count). The van der Waals surface area contributed by atoms with Crippen LogP contribution in [-0.2, 0) is 11.8 Å². The highest BCUT2D eigenvalue weighted by Gasteiger charge is 2.44. The van der Waals surface area contributed by atoms with Gasteiger partial charge in [0.25, 0.3) is 0 Å². The average Bonchev–Trinajstić information content (AvgIpc) is 2.38. The third kappa shape index (κ3) is 1.67. The van der Waals surface area contributed by atoms with Crippen LogP contribution < -0.4 is 4.74 Å². The Hall–Kier alpha value is -0.980. The van der Waals surface area contributed by atoms with Gasteiger partial charge >= 0.3 is 0 Å². The van der Waals surface area contributed by atoms with Crippen molar-refractivity contribution in [3.8, 4) is 5.75 Å². The van der Waals surface area contributed by atoms with Crippen LogP contribution in [0.5, 0.6) is 5.75 Å². The van der Waals surface area contributed by atoms with E-state index in [-0.39, 0.29) is 0 Å². The van der Waals surface area contributed by atoms with E-state index in [2.05, 4.69) is 32.0 Å². The fraction of sp³-hybridized carbons (Fsp3) is 0.647. The summed E-state index contributed by atoms with van der Waals surface area (Å²) in [5, 5.41) is 0. The number of benzene rings is 1. The van der Waals surface area contributed by atoms with Crippen molar-refractivity contribution < 1.29 is 4.74 Å². The maximum absolute atomic E-state index is 5.43. The number of fused-ring (bicyclic) bond motifs is 3. The standard InChI is InChI=1S/C17H24O/c1-12-5-4-10-17(2)15(12)9-7-13-6-8-14(18-3)11-16(13)17/h6,8,11-12,15H,4-5,7,9-10H2,1-3H3/t12?,15-,17-/m0/s1. The zero-order valence-electron chi connectivity index (χ0n) is 11.8. The molecular weight excluding hydrogens is 220 g/mol. The van der Waals surface area contributed by atoms with Crippen molar-refractivity contribution in [2.24, 2.45) is 11.8 Å². The Labute approximate surface area is 111 Å². The van der Waals surface area contributed by atoms with Crippen LogP contribution in [0.25, 0.3) is 0 Å². The number of rotatable bonds is 1. The molecule has 1 nitrogen and oxygen atoms in total. The van der Waals surface area contributed by atoms with E-state index in [1.807, 2.05) is 0 Å². The van der Waals surface area contributed by atoms with E-state index >= 15 is 0 Å². The topological polar surface area (TPSA) is 9.23 Å². The minimum absolute atomic E-state index is 0.389. The SMILES string of the molecule is COc1ccc2c(c1)[C@@]1(C)CCCC(C)[C@@H]1CC2. The first-order valence-corrected chi connectivity index (χ1v) is 7.32. The highest BCUT2D eigenvalue weighted by atomic mass is 16.5. The molecule has 0 aliphatic heterocycles. The zero-order valence-corrected chi connectivity index (χ0v) is 11.8. The number of ether oxygens (including phenoxy) is 1. The molecule has 1 aromatic carbocycles. The third-order valence-electron chi connectivity index (χ3n) is 5.52. The highest BCUT2D eigenvalue weighted by Crippen LogP contribution is 2.52. The van der Waals surface area contributed by atoms with Crippen LogP contribution in [-0.4, -0.2) is 7.11 Å². The van der Waals surface area contributed by atoms with E-state index in [0.29, 0.717) is 5.41 Å². The molecule has 0 saturated heterocycles. The zero-order chi connectivity index (χ0) is 12.8. The molecule has 18 heavy (non-hydrogen) atoms. The average molecular weight is 244 g/mol. The largest absolute Gasteiger partial charge is 0.497 e. The van der Waals surface area contributed by atoms with Gasteiger partial charge in [-0.1, -0.05) is 32.8 Å². The van der Waals surface area contributed by atoms with Crippen LogP contribution in [0.15, 0.2) is 18.2 Å². The second kappa shape index (κ2) is 4.29. The second-order valence-electron chi connectivity index (χ2n) is 6.46. The molecule has 1 heteroatoms. The molecule has 0 N–H and O–H groups in total. The van der Waals surface area contributed by atoms with Gasteiger partial charge in [-0.05, 0) is 59.8 Å². The lowest BCUT2D eigenvalue weighted by atomic mass is 9.55. The molecule has 0 spiro atoms. The molecule has 2 aliphatic rings. The molecule has 0 bridgehead atoms. The second-order valence-corrected chi connectivity index (χ2v) is 6.46. The van der Waals surface area contributed by atoms with Crippen LogP contribution in [0.2, 0.25) is 0 Å². The van der Waals surface area contributed by atoms with Crippen molar-refractivity contribution in [1.29, 1.82) is 0 Å². The van der Waals surface area contributed by atoms with E-state index in [1.165, 1.54) is 32.1 Å². The monoisotopic (exact) mass is 244 g/mol. The predicted molar refractivity (Wildman–Crippen MR) is 75.2 cm³/mol. The Balaban J connectivity index is 2.08. The minimum Gasteiger partial charge on any atom is -0.497 e. The molecule has 0 aromatic heterocycles. The Morgan fingerprint density at radius 2 is 2.11 bits per heavy atom. The van der Waals surface area contributed by atoms with Crippen molar-refractivity contribution in [2.45, 2.75) is 51.4 Å². The maximum atomic E-state index is 5.43. The minimum atomic E-state index is 0.389. The summed E-state index contributed by atoms with van der Waals surface area (Å²) in [4.78, 5) is 0. The lowest BCUT2D eigenvalue weighted by molar-refractivity contribution is 0.117. The summed E-state index contributed by atoms with van der Waals surface area (Å²) in [6, 6.07) is 6.71. The van der Waals surface area contributed by atoms with E-state index in [1.54, 1.807) is 18.2 Å². The summed E-state index contributed by atoms with van der Waals surface area (Å²) in [7, 11) is 1.77. The summed E-state index contributed by atoms with van der Waals surface area (Å²) in [6.45, 7) is 4.94. The van der Waals surface area contributed by atoms with Gasteiger partial charge in [0.1, 0.15) is 5.75 Å². The van der Waals surface area contributed by atoms with Gasteiger partial charge in [-0.2, -0.15) is 0 Å². The van der Waals surface area contributed by atoms with Gasteiger partial charge in [-0.3, -0.25) is 0 Å². The van der Waals surface area contributed by atoms with Crippen molar-refractivity contribution in [3.63, 3.8) is 0 Å². The van der Waals surface area contributed by atoms with Crippen LogP contribution in [0.3, 0.4) is 0 Å². The van der Waals surface area contributed by atoms with Gasteiger partial charge in [-0.25, -0.2) is 0 Å². The molecule has 1 unspecified atom stereocenters. The highest BCUT2D eigenvalue weighted by molar-refractivity contribution is 5.43. The fourth-order valence-corrected chi connectivity index (χ4v) is 4.49. The first-order valence-electron chi connectivity index (χ1n) is 7.32. The Morgan fingerprint density at radius 3 is 2.89 bits per heavy atom. The lowest BCUT2D eigenvalue weighted by Crippen LogP contribution is -2.43. The van der Waals surface area contributed by atoms with E-state index < -0.39 is 0 Å². The smallest absolute Gasteiger partial charge is 0.119 e. The summed E-state index contributed by atoms with van der Waals surface area (Å²) in [5.74, 6) is 2.77. The van der Waals surface area contributed by atoms with Gasteiger partial charge < -0.3 is 4.74 Å². The van der Waals surface area contributed by atoms with Crippen molar-refractivity contribution in [1.82, 2.24) is 0 Å². The quantitative estimate of drug-likeness (QED) is 0.714. The van der Waals surface area contributed by atoms with Crippen LogP contribution in [0.1, 0.15) is 50.7 Å². The van der Waals surface area contributed by atoms with Gasteiger partial charge in [0.05, 0.1) is 7.11 Å². The normalized spacial score (nSPS) is 34.6. The Bertz CT molecular complexity index is 451. The first-order chi connectivity index (χ1) is 8.65. The Kier molecular flexibility index (Phi) is 2.88. The molecule has 0 amide bonds. The maximum Gasteiger partial charge on any atom is 0.119 e. The summed E-state index contributed by atoms with van der Waals surface area (Å²) >= 11 is 0. The molecule has 2 aliphatic carbocycles. The Morgan fingerprint density at radius 1 is 1.28 bits per heavy atom. The van der Waals surface area contributed by atoms with Crippen LogP contribution >= 0.6 is 0 Å². The van der Waals surface area contributed by atoms with Gasteiger partial charge in [0.15, 0.2) is 0 Å². The van der Waals surface area contributed by atoms with Crippen LogP contribution in [0, 0.1) is 11.8 Å². The van der Waals surface area contributed by atoms with Crippen molar-refractivity contribution in [3.05, 3.63) is 29.3 Å². The van der Waals surface area contributed by atoms with Gasteiger partial charge in [0.2, 0.25) is 0 Å². The van der Waals surface area contributed by atoms with E-state index in [4.69, 9.17) is 4.74 Å². The van der Waals surface area contributed by atoms with Crippen molar-refractivity contribution in [2.75, 3.05) is 7.11 Å². The molecule has 0 heterocycles. The molecule has 1 fully saturated rings. The van der Waals surface area contributed by atoms with E-state index in [9.17, 15) is 0 Å². The lowest BCUT2D eigenvalue weighted by Gasteiger charge is -2.49. The molecule has 98 valence electrons. The molecule has 3 atom stereocenters. The predicted octanol–water partition coefficient (Wildman–Crippen LogP) is 4.34. The third-order valence-corrected chi connectivity index (χ3v) is 5.52. The molecule has 1 saturated carbocycles. The van der Waals surface area contributed by atoms with Crippen molar-refractivity contribution >= 4 is 0 Å².